The van der Waals surface area contributed by atoms with E-state index in [1.807, 2.05) is 0 Å². The normalized spacial score (nSPS) is 30.3. The fraction of sp³-hybridized carbons (Fsp3) is 0.667. The van der Waals surface area contributed by atoms with Gasteiger partial charge >= 0.3 is 0 Å². The fourth-order valence-electron chi connectivity index (χ4n) is 4.04. The third-order valence-electron chi connectivity index (χ3n) is 5.33. The van der Waals surface area contributed by atoms with Crippen LogP contribution in [0.1, 0.15) is 56.1 Å². The summed E-state index contributed by atoms with van der Waals surface area (Å²) < 4.78 is 0. The number of aryl methyl sites for hydroxylation is 1. The quantitative estimate of drug-likeness (QED) is 0.855. The van der Waals surface area contributed by atoms with Crippen LogP contribution in [0.3, 0.4) is 0 Å². The van der Waals surface area contributed by atoms with Crippen molar-refractivity contribution in [2.24, 2.45) is 11.8 Å². The van der Waals surface area contributed by atoms with Crippen molar-refractivity contribution < 1.29 is 0 Å². The van der Waals surface area contributed by atoms with Gasteiger partial charge in [-0.25, -0.2) is 0 Å². The summed E-state index contributed by atoms with van der Waals surface area (Å²) in [5.41, 5.74) is 3.20. The molecule has 0 saturated heterocycles. The van der Waals surface area contributed by atoms with E-state index >= 15 is 0 Å². The maximum atomic E-state index is 3.77. The van der Waals surface area contributed by atoms with Crippen LogP contribution in [0.25, 0.3) is 0 Å². The van der Waals surface area contributed by atoms with Gasteiger partial charge in [-0.3, -0.25) is 0 Å². The largest absolute Gasteiger partial charge is 0.316 e. The van der Waals surface area contributed by atoms with Crippen molar-refractivity contribution in [3.8, 4) is 0 Å². The monoisotopic (exact) mass is 257 g/mol. The van der Waals surface area contributed by atoms with Crippen molar-refractivity contribution in [1.82, 2.24) is 5.32 Å². The summed E-state index contributed by atoms with van der Waals surface area (Å²) in [5, 5.41) is 3.77. The van der Waals surface area contributed by atoms with E-state index in [-0.39, 0.29) is 0 Å². The van der Waals surface area contributed by atoms with Crippen LogP contribution < -0.4 is 5.32 Å². The molecule has 1 nitrogen and oxygen atoms in total. The highest BCUT2D eigenvalue weighted by atomic mass is 14.9. The number of nitrogens with one attached hydrogen (secondary N) is 1. The molecule has 1 N–H and O–H groups in total. The van der Waals surface area contributed by atoms with Crippen LogP contribution in [0.2, 0.25) is 0 Å². The van der Waals surface area contributed by atoms with Gasteiger partial charge in [-0.15, -0.1) is 0 Å². The van der Waals surface area contributed by atoms with Crippen LogP contribution >= 0.6 is 0 Å². The third-order valence-corrected chi connectivity index (χ3v) is 5.33. The molecule has 0 aromatic heterocycles. The minimum atomic E-state index is 0.752. The summed E-state index contributed by atoms with van der Waals surface area (Å²) in [4.78, 5) is 0. The van der Waals surface area contributed by atoms with Gasteiger partial charge in [-0.05, 0) is 61.1 Å². The number of hydrogen-bond acceptors (Lipinski definition) is 1. The Morgan fingerprint density at radius 1 is 1.05 bits per heavy atom. The zero-order valence-corrected chi connectivity index (χ0v) is 12.2. The summed E-state index contributed by atoms with van der Waals surface area (Å²) in [7, 11) is 0. The van der Waals surface area contributed by atoms with E-state index in [1.54, 1.807) is 11.1 Å². The van der Waals surface area contributed by atoms with E-state index in [9.17, 15) is 0 Å². The molecule has 0 spiro atoms. The SMILES string of the molecule is CC1CCCC1CNCC1CCCc2ccccc21. The van der Waals surface area contributed by atoms with Gasteiger partial charge in [0.2, 0.25) is 0 Å². The molecule has 0 amide bonds. The predicted octanol–water partition coefficient (Wildman–Crippen LogP) is 4.13. The Morgan fingerprint density at radius 3 is 2.79 bits per heavy atom. The molecule has 104 valence electrons. The van der Waals surface area contributed by atoms with Crippen molar-refractivity contribution in [3.05, 3.63) is 35.4 Å². The lowest BCUT2D eigenvalue weighted by Gasteiger charge is -2.26. The number of rotatable bonds is 4. The van der Waals surface area contributed by atoms with E-state index < -0.39 is 0 Å². The molecule has 0 bridgehead atoms. The van der Waals surface area contributed by atoms with Gasteiger partial charge in [0, 0.05) is 6.54 Å². The van der Waals surface area contributed by atoms with Gasteiger partial charge in [0.05, 0.1) is 0 Å². The Hall–Kier alpha value is -0.820. The second-order valence-corrected chi connectivity index (χ2v) is 6.61. The molecule has 0 heterocycles. The second kappa shape index (κ2) is 6.09. The molecule has 1 heteroatoms. The van der Waals surface area contributed by atoms with Crippen molar-refractivity contribution in [2.75, 3.05) is 13.1 Å². The maximum absolute atomic E-state index is 3.77. The first-order chi connectivity index (χ1) is 9.34. The summed E-state index contributed by atoms with van der Waals surface area (Å²) in [6.07, 6.45) is 8.34. The lowest BCUT2D eigenvalue weighted by Crippen LogP contribution is -2.29. The number of hydrogen-bond donors (Lipinski definition) is 1. The van der Waals surface area contributed by atoms with Gasteiger partial charge in [-0.2, -0.15) is 0 Å². The van der Waals surface area contributed by atoms with E-state index in [0.29, 0.717) is 0 Å². The van der Waals surface area contributed by atoms with E-state index in [1.165, 1.54) is 51.6 Å². The Labute approximate surface area is 117 Å². The molecular formula is C18H27N. The average Bonchev–Trinajstić information content (AvgIpc) is 2.85. The Morgan fingerprint density at radius 2 is 1.95 bits per heavy atom. The topological polar surface area (TPSA) is 12.0 Å². The molecule has 1 aromatic carbocycles. The van der Waals surface area contributed by atoms with E-state index in [0.717, 1.165) is 17.8 Å². The molecule has 1 saturated carbocycles. The van der Waals surface area contributed by atoms with Crippen LogP contribution in [0.15, 0.2) is 24.3 Å². The van der Waals surface area contributed by atoms with Crippen LogP contribution in [-0.4, -0.2) is 13.1 Å². The maximum Gasteiger partial charge on any atom is 0.00203 e. The van der Waals surface area contributed by atoms with Gasteiger partial charge in [0.25, 0.3) is 0 Å². The summed E-state index contributed by atoms with van der Waals surface area (Å²) in [6, 6.07) is 9.06. The zero-order chi connectivity index (χ0) is 13.1. The van der Waals surface area contributed by atoms with Crippen molar-refractivity contribution >= 4 is 0 Å². The molecule has 3 unspecified atom stereocenters. The number of fused-ring (bicyclic) bond motifs is 1. The van der Waals surface area contributed by atoms with Gasteiger partial charge in [-0.1, -0.05) is 44.0 Å². The van der Waals surface area contributed by atoms with Crippen LogP contribution in [-0.2, 0) is 6.42 Å². The first-order valence-corrected chi connectivity index (χ1v) is 8.13. The van der Waals surface area contributed by atoms with Gasteiger partial charge in [0.1, 0.15) is 0 Å². The minimum Gasteiger partial charge on any atom is -0.316 e. The summed E-state index contributed by atoms with van der Waals surface area (Å²) in [6.45, 7) is 4.84. The molecule has 19 heavy (non-hydrogen) atoms. The molecule has 1 aromatic rings. The smallest absolute Gasteiger partial charge is 0.00203 e. The Balaban J connectivity index is 1.53. The van der Waals surface area contributed by atoms with Crippen molar-refractivity contribution in [1.29, 1.82) is 0 Å². The van der Waals surface area contributed by atoms with Crippen LogP contribution in [0.5, 0.6) is 0 Å². The standard InChI is InChI=1S/C18H27N/c1-14-6-4-9-16(14)12-19-13-17-10-5-8-15-7-2-3-11-18(15)17/h2-3,7,11,14,16-17,19H,4-6,8-10,12-13H2,1H3. The van der Waals surface area contributed by atoms with Crippen molar-refractivity contribution in [3.63, 3.8) is 0 Å². The molecule has 2 aliphatic carbocycles. The third kappa shape index (κ3) is 3.02. The highest BCUT2D eigenvalue weighted by Crippen LogP contribution is 2.32. The highest BCUT2D eigenvalue weighted by molar-refractivity contribution is 5.32. The summed E-state index contributed by atoms with van der Waals surface area (Å²) in [5.74, 6) is 2.62. The van der Waals surface area contributed by atoms with Gasteiger partial charge in [0.15, 0.2) is 0 Å². The molecule has 0 radical (unpaired) electrons. The molecule has 1 fully saturated rings. The first-order valence-electron chi connectivity index (χ1n) is 8.13. The molecule has 0 aliphatic heterocycles. The molecular weight excluding hydrogens is 230 g/mol. The lowest BCUT2D eigenvalue weighted by molar-refractivity contribution is 0.380. The Bertz CT molecular complexity index is 412. The summed E-state index contributed by atoms with van der Waals surface area (Å²) >= 11 is 0. The zero-order valence-electron chi connectivity index (χ0n) is 12.2. The van der Waals surface area contributed by atoms with Crippen LogP contribution in [0, 0.1) is 11.8 Å². The fourth-order valence-corrected chi connectivity index (χ4v) is 4.04. The number of benzene rings is 1. The highest BCUT2D eigenvalue weighted by Gasteiger charge is 2.24. The molecule has 2 aliphatic rings. The molecule has 3 atom stereocenters. The van der Waals surface area contributed by atoms with E-state index in [4.69, 9.17) is 0 Å². The van der Waals surface area contributed by atoms with Gasteiger partial charge < -0.3 is 5.32 Å². The Kier molecular flexibility index (Phi) is 4.22. The van der Waals surface area contributed by atoms with Crippen LogP contribution in [0.4, 0.5) is 0 Å². The minimum absolute atomic E-state index is 0.752. The molecule has 3 rings (SSSR count). The predicted molar refractivity (Wildman–Crippen MR) is 81.5 cm³/mol. The first kappa shape index (κ1) is 13.2. The van der Waals surface area contributed by atoms with Crippen molar-refractivity contribution in [2.45, 2.75) is 51.4 Å². The van der Waals surface area contributed by atoms with E-state index in [2.05, 4.69) is 36.5 Å². The average molecular weight is 257 g/mol. The second-order valence-electron chi connectivity index (χ2n) is 6.61. The lowest BCUT2D eigenvalue weighted by atomic mass is 9.83.